The van der Waals surface area contributed by atoms with Crippen molar-refractivity contribution in [2.45, 2.75) is 58.3 Å². The number of nitrogens with zero attached hydrogens (tertiary/aromatic N) is 2. The number of hydrogen-bond donors (Lipinski definition) is 1. The molecular weight excluding hydrogens is 398 g/mol. The van der Waals surface area contributed by atoms with Gasteiger partial charge in [-0.3, -0.25) is 14.6 Å². The van der Waals surface area contributed by atoms with E-state index in [1.807, 2.05) is 24.0 Å². The molecular formula is C27H35N3O2. The number of nitrogens with one attached hydrogen (secondary N) is 1. The molecule has 1 atom stereocenters. The van der Waals surface area contributed by atoms with E-state index in [4.69, 9.17) is 0 Å². The van der Waals surface area contributed by atoms with E-state index in [9.17, 15) is 9.59 Å². The standard InChI is InChI=1S/C27H35N3O2/c1-2-29-26(32)27(14-5-17-30(20-27)25(31)18-21-6-3-4-7-21)19-22-8-10-23(11-9-22)24-12-15-28-16-13-24/h8-13,15-16,21H,2-7,14,17-20H2,1H3,(H,29,32). The maximum atomic E-state index is 13.3. The molecule has 1 aliphatic carbocycles. The van der Waals surface area contributed by atoms with E-state index in [2.05, 4.69) is 34.6 Å². The average Bonchev–Trinajstić information content (AvgIpc) is 3.33. The van der Waals surface area contributed by atoms with Crippen molar-refractivity contribution in [3.8, 4) is 11.1 Å². The molecule has 2 aromatic rings. The first-order chi connectivity index (χ1) is 15.6. The third-order valence-electron chi connectivity index (χ3n) is 7.20. The van der Waals surface area contributed by atoms with E-state index in [1.54, 1.807) is 12.4 Å². The Hall–Kier alpha value is -2.69. The van der Waals surface area contributed by atoms with Gasteiger partial charge in [-0.1, -0.05) is 37.1 Å². The van der Waals surface area contributed by atoms with Crippen LogP contribution in [0.5, 0.6) is 0 Å². The summed E-state index contributed by atoms with van der Waals surface area (Å²) in [5.41, 5.74) is 2.85. The highest BCUT2D eigenvalue weighted by atomic mass is 16.2. The van der Waals surface area contributed by atoms with Crippen LogP contribution in [-0.4, -0.2) is 41.3 Å². The second-order valence-corrected chi connectivity index (χ2v) is 9.52. The summed E-state index contributed by atoms with van der Waals surface area (Å²) in [6.45, 7) is 3.86. The molecule has 32 heavy (non-hydrogen) atoms. The Morgan fingerprint density at radius 1 is 1.03 bits per heavy atom. The van der Waals surface area contributed by atoms with Crippen molar-refractivity contribution in [2.75, 3.05) is 19.6 Å². The van der Waals surface area contributed by atoms with Crippen LogP contribution in [0.1, 0.15) is 57.4 Å². The quantitative estimate of drug-likeness (QED) is 0.693. The van der Waals surface area contributed by atoms with Crippen LogP contribution in [-0.2, 0) is 16.0 Å². The van der Waals surface area contributed by atoms with Crippen molar-refractivity contribution in [1.82, 2.24) is 15.2 Å². The number of amides is 2. The minimum absolute atomic E-state index is 0.0802. The third kappa shape index (κ3) is 5.20. The summed E-state index contributed by atoms with van der Waals surface area (Å²) in [6, 6.07) is 12.5. The average molecular weight is 434 g/mol. The summed E-state index contributed by atoms with van der Waals surface area (Å²) in [6.07, 6.45) is 11.4. The van der Waals surface area contributed by atoms with Gasteiger partial charge in [0, 0.05) is 38.4 Å². The minimum Gasteiger partial charge on any atom is -0.356 e. The van der Waals surface area contributed by atoms with Crippen LogP contribution in [0.15, 0.2) is 48.8 Å². The van der Waals surface area contributed by atoms with Gasteiger partial charge in [0.15, 0.2) is 0 Å². The van der Waals surface area contributed by atoms with E-state index >= 15 is 0 Å². The molecule has 1 aromatic heterocycles. The summed E-state index contributed by atoms with van der Waals surface area (Å²) in [4.78, 5) is 32.4. The Balaban J connectivity index is 1.50. The molecule has 1 aliphatic heterocycles. The fourth-order valence-electron chi connectivity index (χ4n) is 5.44. The largest absolute Gasteiger partial charge is 0.356 e. The van der Waals surface area contributed by atoms with E-state index < -0.39 is 5.41 Å². The molecule has 0 spiro atoms. The number of carbonyl (C=O) groups is 2. The van der Waals surface area contributed by atoms with Crippen molar-refractivity contribution in [3.05, 3.63) is 54.4 Å². The second-order valence-electron chi connectivity index (χ2n) is 9.52. The molecule has 1 N–H and O–H groups in total. The summed E-state index contributed by atoms with van der Waals surface area (Å²) in [5.74, 6) is 0.846. The zero-order valence-electron chi connectivity index (χ0n) is 19.2. The molecule has 1 saturated carbocycles. The lowest BCUT2D eigenvalue weighted by atomic mass is 9.74. The number of hydrogen-bond acceptors (Lipinski definition) is 3. The summed E-state index contributed by atoms with van der Waals surface area (Å²) in [5, 5.41) is 3.06. The number of aromatic nitrogens is 1. The van der Waals surface area contributed by atoms with Gasteiger partial charge in [0.1, 0.15) is 0 Å². The zero-order chi connectivity index (χ0) is 22.4. The SMILES string of the molecule is CCNC(=O)C1(Cc2ccc(-c3ccncc3)cc2)CCCN(C(=O)CC2CCCC2)C1. The molecule has 2 fully saturated rings. The van der Waals surface area contributed by atoms with Crippen LogP contribution in [0.25, 0.3) is 11.1 Å². The van der Waals surface area contributed by atoms with E-state index in [-0.39, 0.29) is 11.8 Å². The molecule has 5 heteroatoms. The maximum Gasteiger partial charge on any atom is 0.228 e. The lowest BCUT2D eigenvalue weighted by Gasteiger charge is -2.42. The van der Waals surface area contributed by atoms with Gasteiger partial charge in [-0.2, -0.15) is 0 Å². The molecule has 5 nitrogen and oxygen atoms in total. The van der Waals surface area contributed by atoms with E-state index in [0.29, 0.717) is 31.8 Å². The number of benzene rings is 1. The molecule has 0 bridgehead atoms. The van der Waals surface area contributed by atoms with Gasteiger partial charge in [-0.05, 0) is 73.8 Å². The zero-order valence-corrected chi connectivity index (χ0v) is 19.2. The van der Waals surface area contributed by atoms with Gasteiger partial charge in [0.2, 0.25) is 11.8 Å². The Labute approximate surface area is 191 Å². The normalized spacial score (nSPS) is 21.5. The van der Waals surface area contributed by atoms with Gasteiger partial charge in [-0.25, -0.2) is 0 Å². The topological polar surface area (TPSA) is 62.3 Å². The molecule has 0 radical (unpaired) electrons. The highest BCUT2D eigenvalue weighted by Gasteiger charge is 2.43. The number of likely N-dealkylation sites (tertiary alicyclic amines) is 1. The Morgan fingerprint density at radius 3 is 2.41 bits per heavy atom. The summed E-state index contributed by atoms with van der Waals surface area (Å²) < 4.78 is 0. The minimum atomic E-state index is -0.558. The van der Waals surface area contributed by atoms with Crippen molar-refractivity contribution in [3.63, 3.8) is 0 Å². The smallest absolute Gasteiger partial charge is 0.228 e. The highest BCUT2D eigenvalue weighted by molar-refractivity contribution is 5.85. The van der Waals surface area contributed by atoms with E-state index in [0.717, 1.165) is 36.1 Å². The number of piperidine rings is 1. The van der Waals surface area contributed by atoms with Crippen LogP contribution in [0.3, 0.4) is 0 Å². The molecule has 2 aliphatic rings. The fourth-order valence-corrected chi connectivity index (χ4v) is 5.44. The van der Waals surface area contributed by atoms with Crippen LogP contribution in [0.4, 0.5) is 0 Å². The first kappa shape index (κ1) is 22.5. The molecule has 4 rings (SSSR count). The van der Waals surface area contributed by atoms with Crippen LogP contribution in [0.2, 0.25) is 0 Å². The van der Waals surface area contributed by atoms with Gasteiger partial charge >= 0.3 is 0 Å². The first-order valence-corrected chi connectivity index (χ1v) is 12.1. The third-order valence-corrected chi connectivity index (χ3v) is 7.20. The fraction of sp³-hybridized carbons (Fsp3) is 0.519. The van der Waals surface area contributed by atoms with Crippen molar-refractivity contribution in [1.29, 1.82) is 0 Å². The maximum absolute atomic E-state index is 13.3. The monoisotopic (exact) mass is 433 g/mol. The number of pyridine rings is 1. The molecule has 1 unspecified atom stereocenters. The van der Waals surface area contributed by atoms with Crippen molar-refractivity contribution in [2.24, 2.45) is 11.3 Å². The highest BCUT2D eigenvalue weighted by Crippen LogP contribution is 2.36. The van der Waals surface area contributed by atoms with Gasteiger partial charge < -0.3 is 10.2 Å². The van der Waals surface area contributed by atoms with Crippen LogP contribution in [0, 0.1) is 11.3 Å². The van der Waals surface area contributed by atoms with Gasteiger partial charge in [0.05, 0.1) is 5.41 Å². The summed E-state index contributed by atoms with van der Waals surface area (Å²) in [7, 11) is 0. The predicted molar refractivity (Wildman–Crippen MR) is 127 cm³/mol. The molecule has 2 heterocycles. The lowest BCUT2D eigenvalue weighted by Crippen LogP contribution is -2.54. The first-order valence-electron chi connectivity index (χ1n) is 12.1. The Bertz CT molecular complexity index is 906. The van der Waals surface area contributed by atoms with Crippen LogP contribution < -0.4 is 5.32 Å². The van der Waals surface area contributed by atoms with Gasteiger partial charge in [0.25, 0.3) is 0 Å². The molecule has 1 saturated heterocycles. The summed E-state index contributed by atoms with van der Waals surface area (Å²) >= 11 is 0. The lowest BCUT2D eigenvalue weighted by molar-refractivity contribution is -0.142. The second kappa shape index (κ2) is 10.3. The Morgan fingerprint density at radius 2 is 1.72 bits per heavy atom. The van der Waals surface area contributed by atoms with Gasteiger partial charge in [-0.15, -0.1) is 0 Å². The molecule has 2 amide bonds. The van der Waals surface area contributed by atoms with Crippen molar-refractivity contribution >= 4 is 11.8 Å². The number of carbonyl (C=O) groups excluding carboxylic acids is 2. The predicted octanol–water partition coefficient (Wildman–Crippen LogP) is 4.62. The van der Waals surface area contributed by atoms with E-state index in [1.165, 1.54) is 25.7 Å². The van der Waals surface area contributed by atoms with Crippen LogP contribution >= 0.6 is 0 Å². The van der Waals surface area contributed by atoms with Crippen molar-refractivity contribution < 1.29 is 9.59 Å². The molecule has 170 valence electrons. The molecule has 1 aromatic carbocycles. The Kier molecular flexibility index (Phi) is 7.23. The number of rotatable bonds is 7.